The van der Waals surface area contributed by atoms with E-state index in [1.807, 2.05) is 42.9 Å². The highest BCUT2D eigenvalue weighted by molar-refractivity contribution is 6.21. The predicted molar refractivity (Wildman–Crippen MR) is 517 cm³/mol. The van der Waals surface area contributed by atoms with E-state index in [-0.39, 0.29) is 21.7 Å². The predicted octanol–water partition coefficient (Wildman–Crippen LogP) is 29.1. The zero-order valence-corrected chi connectivity index (χ0v) is 71.4. The second-order valence-electron chi connectivity index (χ2n) is 37.1. The van der Waals surface area contributed by atoms with Gasteiger partial charge >= 0.3 is 0 Å². The van der Waals surface area contributed by atoms with Crippen LogP contribution in [0.15, 0.2) is 321 Å². The molecule has 0 aliphatic rings. The number of para-hydroxylation sites is 5. The average molecular weight is 1590 g/mol. The number of aromatic nitrogens is 7. The molecule has 0 radical (unpaired) electrons. The monoisotopic (exact) mass is 1590 g/mol. The Kier molecular flexibility index (Phi) is 17.3. The van der Waals surface area contributed by atoms with Crippen LogP contribution in [0.2, 0.25) is 0 Å². The molecule has 21 rings (SSSR count). The molecule has 0 atom stereocenters. The molecule has 594 valence electrons. The van der Waals surface area contributed by atoms with E-state index >= 15 is 0 Å². The Balaban J connectivity index is 0.718. The second-order valence-corrected chi connectivity index (χ2v) is 37.1. The molecule has 14 aromatic carbocycles. The number of pyridine rings is 1. The number of fused-ring (bicyclic) bond motifs is 18. The summed E-state index contributed by atoms with van der Waals surface area (Å²) in [7, 11) is 0. The standard InChI is InChI=1S/C113H92N10/c1-69(118-92-31-19-14-28-83(92)85-51-49-79(61-102(85)118)119-93-32-20-15-26-81(93)82-27-16-21-33-94(82)119)107(72-41-37-70(64-114)38-42-72)104(66-116-13)123-95-34-22-17-29-84(95)86-52-50-80(62-103(86)123)120-96-35-23-18-30-87(96)108-74(25-24-36-101(108)120)63-113(11,12)78-48-56-100-91(60-78)90-59-77(112(8,9)10)47-55-99(90)122(100)106-68-117-67-105(109(106)73-43-39-71(65-115)40-44-73)121-97-53-45-75(110(2,3)4)57-88(97)89-58-76(111(5,6)7)46-54-98(89)121/h14-62,66-68H,13,63H2,1-12H3/b104-66+,107-69+. The Morgan fingerprint density at radius 2 is 0.732 bits per heavy atom. The van der Waals surface area contributed by atoms with Gasteiger partial charge in [0.05, 0.1) is 125 Å². The molecule has 7 aromatic heterocycles. The van der Waals surface area contributed by atoms with E-state index in [1.165, 1.54) is 65.5 Å². The van der Waals surface area contributed by atoms with Gasteiger partial charge in [0.15, 0.2) is 0 Å². The van der Waals surface area contributed by atoms with Crippen LogP contribution in [-0.2, 0) is 28.1 Å². The molecular weight excluding hydrogens is 1500 g/mol. The van der Waals surface area contributed by atoms with Crippen LogP contribution in [0.1, 0.15) is 128 Å². The van der Waals surface area contributed by atoms with Gasteiger partial charge in [0.25, 0.3) is 0 Å². The lowest BCUT2D eigenvalue weighted by Gasteiger charge is -2.26. The van der Waals surface area contributed by atoms with Crippen LogP contribution in [-0.4, -0.2) is 39.1 Å². The minimum atomic E-state index is -0.388. The molecule has 7 heterocycles. The van der Waals surface area contributed by atoms with Crippen molar-refractivity contribution >= 4 is 155 Å². The molecule has 10 nitrogen and oxygen atoms in total. The number of allylic oxidation sites excluding steroid dienone is 3. The van der Waals surface area contributed by atoms with E-state index in [0.29, 0.717) is 11.1 Å². The fourth-order valence-electron chi connectivity index (χ4n) is 20.0. The number of benzene rings is 14. The number of hydrogen-bond donors (Lipinski definition) is 0. The van der Waals surface area contributed by atoms with Gasteiger partial charge in [0.2, 0.25) is 0 Å². The molecule has 0 aliphatic heterocycles. The third kappa shape index (κ3) is 12.0. The maximum Gasteiger partial charge on any atom is 0.0991 e. The molecule has 0 saturated carbocycles. The molecule has 21 aromatic rings. The Bertz CT molecular complexity index is 8090. The fraction of sp³-hybridized carbons (Fsp3) is 0.150. The van der Waals surface area contributed by atoms with Crippen LogP contribution in [0.3, 0.4) is 0 Å². The molecule has 0 amide bonds. The summed E-state index contributed by atoms with van der Waals surface area (Å²) in [5.41, 5.74) is 29.4. The highest BCUT2D eigenvalue weighted by Crippen LogP contribution is 2.49. The highest BCUT2D eigenvalue weighted by atomic mass is 15.1. The number of rotatable bonds is 13. The molecular formula is C113H92N10. The van der Waals surface area contributed by atoms with E-state index < -0.39 is 0 Å². The summed E-state index contributed by atoms with van der Waals surface area (Å²) in [5.74, 6) is 0. The van der Waals surface area contributed by atoms with E-state index in [9.17, 15) is 10.5 Å². The van der Waals surface area contributed by atoms with Crippen molar-refractivity contribution in [2.24, 2.45) is 4.99 Å². The van der Waals surface area contributed by atoms with Crippen molar-refractivity contribution in [3.05, 3.63) is 360 Å². The molecule has 0 unspecified atom stereocenters. The third-order valence-electron chi connectivity index (χ3n) is 26.1. The number of nitriles is 2. The van der Waals surface area contributed by atoms with Gasteiger partial charge in [0, 0.05) is 92.8 Å². The summed E-state index contributed by atoms with van der Waals surface area (Å²) in [6.07, 6.45) is 6.74. The van der Waals surface area contributed by atoms with Gasteiger partial charge in [-0.25, -0.2) is 0 Å². The van der Waals surface area contributed by atoms with Gasteiger partial charge in [-0.3, -0.25) is 9.98 Å². The Hall–Kier alpha value is -14.8. The minimum absolute atomic E-state index is 0.0725. The van der Waals surface area contributed by atoms with Gasteiger partial charge in [-0.1, -0.05) is 240 Å². The maximum absolute atomic E-state index is 10.4. The normalized spacial score (nSPS) is 12.9. The van der Waals surface area contributed by atoms with E-state index in [1.54, 1.807) is 0 Å². The summed E-state index contributed by atoms with van der Waals surface area (Å²) in [5, 5.41) is 34.6. The molecule has 0 saturated heterocycles. The summed E-state index contributed by atoms with van der Waals surface area (Å²) < 4.78 is 14.5. The van der Waals surface area contributed by atoms with Crippen molar-refractivity contribution < 1.29 is 0 Å². The quantitative estimate of drug-likeness (QED) is 0.0848. The van der Waals surface area contributed by atoms with E-state index in [0.717, 1.165) is 156 Å². The van der Waals surface area contributed by atoms with Crippen molar-refractivity contribution in [2.75, 3.05) is 0 Å². The first-order valence-corrected chi connectivity index (χ1v) is 42.6. The number of aliphatic imine (C=N–C) groups is 1. The smallest absolute Gasteiger partial charge is 0.0991 e. The van der Waals surface area contributed by atoms with Crippen molar-refractivity contribution in [1.82, 2.24) is 32.4 Å². The maximum atomic E-state index is 10.4. The fourth-order valence-corrected chi connectivity index (χ4v) is 20.0. The SMILES string of the molecule is C=N/C=C(\C(=C(/C)n1c2ccccc2c2ccc(-n3c4ccccc4c4ccccc43)cc21)c1ccc(C#N)cc1)n1c2ccccc2c2ccc(-n3c4ccccc4c4c(CC(C)(C)c5ccc6c(c5)c5cc(C(C)(C)C)ccc5n6-c5cncc(-n6c7ccc(C(C)(C)C)cc7c7cc(C(C)(C)C)ccc76)c5-c5ccc(C#N)cc5)cccc43)cc21. The zero-order chi connectivity index (χ0) is 84.4. The Morgan fingerprint density at radius 1 is 0.358 bits per heavy atom. The van der Waals surface area contributed by atoms with E-state index in [4.69, 9.17) is 9.98 Å². The molecule has 0 fully saturated rings. The van der Waals surface area contributed by atoms with Gasteiger partial charge in [-0.2, -0.15) is 10.5 Å². The van der Waals surface area contributed by atoms with Crippen molar-refractivity contribution in [1.29, 1.82) is 10.5 Å². The summed E-state index contributed by atoms with van der Waals surface area (Å²) in [6, 6.07) is 114. The van der Waals surface area contributed by atoms with Gasteiger partial charge in [0.1, 0.15) is 0 Å². The van der Waals surface area contributed by atoms with Crippen LogP contribution in [0.25, 0.3) is 182 Å². The Morgan fingerprint density at radius 3 is 1.20 bits per heavy atom. The summed E-state index contributed by atoms with van der Waals surface area (Å²) in [6.45, 7) is 31.9. The Labute approximate surface area is 715 Å². The average Bonchev–Trinajstić information content (AvgIpc) is 1.57. The summed E-state index contributed by atoms with van der Waals surface area (Å²) in [4.78, 5) is 10.0. The molecule has 0 bridgehead atoms. The highest BCUT2D eigenvalue weighted by Gasteiger charge is 2.32. The largest absolute Gasteiger partial charge is 0.312 e. The molecule has 10 heteroatoms. The lowest BCUT2D eigenvalue weighted by atomic mass is 9.78. The number of nitrogens with zero attached hydrogens (tertiary/aromatic N) is 10. The zero-order valence-electron chi connectivity index (χ0n) is 71.4. The lowest BCUT2D eigenvalue weighted by Crippen LogP contribution is -2.20. The molecule has 0 N–H and O–H groups in total. The van der Waals surface area contributed by atoms with Gasteiger partial charge < -0.3 is 27.4 Å². The topological polar surface area (TPSA) is 102 Å². The van der Waals surface area contributed by atoms with Crippen molar-refractivity contribution in [3.8, 4) is 46.0 Å². The first-order valence-electron chi connectivity index (χ1n) is 42.6. The molecule has 0 spiro atoms. The van der Waals surface area contributed by atoms with E-state index in [2.05, 4.69) is 402 Å². The molecule has 0 aliphatic carbocycles. The van der Waals surface area contributed by atoms with Crippen LogP contribution in [0, 0.1) is 22.7 Å². The van der Waals surface area contributed by atoms with Crippen LogP contribution in [0.4, 0.5) is 0 Å². The second kappa shape index (κ2) is 28.1. The van der Waals surface area contributed by atoms with Gasteiger partial charge in [-0.15, -0.1) is 0 Å². The molecule has 123 heavy (non-hydrogen) atoms. The minimum Gasteiger partial charge on any atom is -0.312 e. The van der Waals surface area contributed by atoms with Crippen LogP contribution < -0.4 is 0 Å². The van der Waals surface area contributed by atoms with Crippen molar-refractivity contribution in [3.63, 3.8) is 0 Å². The lowest BCUT2D eigenvalue weighted by molar-refractivity contribution is 0.525. The van der Waals surface area contributed by atoms with Crippen molar-refractivity contribution in [2.45, 2.75) is 111 Å². The third-order valence-corrected chi connectivity index (χ3v) is 26.1. The van der Waals surface area contributed by atoms with Crippen LogP contribution >= 0.6 is 0 Å². The number of hydrogen-bond acceptors (Lipinski definition) is 4. The summed E-state index contributed by atoms with van der Waals surface area (Å²) >= 11 is 0. The van der Waals surface area contributed by atoms with Crippen LogP contribution in [0.5, 0.6) is 0 Å². The van der Waals surface area contributed by atoms with Gasteiger partial charge in [-0.05, 0) is 214 Å². The first-order chi connectivity index (χ1) is 59.5. The first kappa shape index (κ1) is 75.6.